The van der Waals surface area contributed by atoms with E-state index in [1.807, 2.05) is 0 Å². The Kier molecular flexibility index (Phi) is 3.56. The van der Waals surface area contributed by atoms with E-state index in [0.717, 1.165) is 11.6 Å². The molecule has 1 aromatic carbocycles. The van der Waals surface area contributed by atoms with Crippen molar-refractivity contribution in [1.82, 2.24) is 0 Å². The summed E-state index contributed by atoms with van der Waals surface area (Å²) >= 11 is 0. The predicted octanol–water partition coefficient (Wildman–Crippen LogP) is 3.49. The Morgan fingerprint density at radius 1 is 1.28 bits per heavy atom. The minimum absolute atomic E-state index is 0.671. The molecular formula is C18H22. The van der Waals surface area contributed by atoms with E-state index in [4.69, 9.17) is 0 Å². The second-order valence-corrected chi connectivity index (χ2v) is 5.45. The van der Waals surface area contributed by atoms with Crippen molar-refractivity contribution in [3.63, 3.8) is 0 Å². The van der Waals surface area contributed by atoms with Crippen molar-refractivity contribution in [2.45, 2.75) is 34.1 Å². The molecule has 0 bridgehead atoms. The summed E-state index contributed by atoms with van der Waals surface area (Å²) in [5.41, 5.74) is 5.51. The Bertz CT molecular complexity index is 626. The van der Waals surface area contributed by atoms with Crippen molar-refractivity contribution in [2.75, 3.05) is 0 Å². The van der Waals surface area contributed by atoms with Gasteiger partial charge in [0, 0.05) is 0 Å². The van der Waals surface area contributed by atoms with Crippen molar-refractivity contribution in [3.05, 3.63) is 57.5 Å². The van der Waals surface area contributed by atoms with E-state index in [1.165, 1.54) is 27.5 Å². The summed E-state index contributed by atoms with van der Waals surface area (Å²) in [5, 5.41) is 2.43. The Labute approximate surface area is 110 Å². The molecular weight excluding hydrogens is 216 g/mol. The first-order valence-electron chi connectivity index (χ1n) is 6.65. The van der Waals surface area contributed by atoms with Crippen LogP contribution in [0, 0.1) is 12.8 Å². The summed E-state index contributed by atoms with van der Waals surface area (Å²) in [6, 6.07) is 6.44. The van der Waals surface area contributed by atoms with Crippen LogP contribution in [0.15, 0.2) is 41.5 Å². The van der Waals surface area contributed by atoms with Crippen molar-refractivity contribution in [1.29, 1.82) is 0 Å². The molecule has 2 rings (SSSR count). The van der Waals surface area contributed by atoms with Crippen molar-refractivity contribution < 1.29 is 0 Å². The largest absolute Gasteiger partial charge is 0.0918 e. The monoisotopic (exact) mass is 238 g/mol. The molecule has 0 saturated heterocycles. The van der Waals surface area contributed by atoms with E-state index in [2.05, 4.69) is 64.6 Å². The van der Waals surface area contributed by atoms with Gasteiger partial charge in [-0.15, -0.1) is 0 Å². The summed E-state index contributed by atoms with van der Waals surface area (Å²) < 4.78 is 0. The van der Waals surface area contributed by atoms with Crippen molar-refractivity contribution in [2.24, 2.45) is 5.92 Å². The molecule has 0 nitrogen and oxygen atoms in total. The molecule has 0 aromatic heterocycles. The van der Waals surface area contributed by atoms with E-state index >= 15 is 0 Å². The molecule has 1 aromatic rings. The minimum atomic E-state index is 0.671. The molecule has 94 valence electrons. The van der Waals surface area contributed by atoms with Gasteiger partial charge in [0.2, 0.25) is 0 Å². The first-order chi connectivity index (χ1) is 8.49. The third-order valence-electron chi connectivity index (χ3n) is 3.75. The zero-order chi connectivity index (χ0) is 13.3. The minimum Gasteiger partial charge on any atom is -0.0918 e. The molecule has 0 N–H and O–H groups in total. The van der Waals surface area contributed by atoms with Gasteiger partial charge >= 0.3 is 0 Å². The molecule has 0 saturated carbocycles. The number of hydrogen-bond acceptors (Lipinski definition) is 0. The average molecular weight is 238 g/mol. The van der Waals surface area contributed by atoms with Gasteiger partial charge in [-0.3, -0.25) is 0 Å². The van der Waals surface area contributed by atoms with Crippen LogP contribution in [0.5, 0.6) is 0 Å². The Morgan fingerprint density at radius 2 is 2.00 bits per heavy atom. The standard InChI is InChI=1S/C18H22/c1-12-6-8-17(14(3)10-12)16(5)18-9-7-13(2)11-15(18)4/h6,8-11,13H,1,7H2,2-5H3/b17-16-. The summed E-state index contributed by atoms with van der Waals surface area (Å²) in [6.45, 7) is 12.9. The van der Waals surface area contributed by atoms with E-state index in [1.54, 1.807) is 0 Å². The van der Waals surface area contributed by atoms with Crippen LogP contribution in [0.1, 0.15) is 32.8 Å². The molecule has 1 aliphatic carbocycles. The zero-order valence-electron chi connectivity index (χ0n) is 11.9. The van der Waals surface area contributed by atoms with Gasteiger partial charge in [-0.1, -0.05) is 43.9 Å². The number of benzene rings is 1. The van der Waals surface area contributed by atoms with Crippen LogP contribution in [0.4, 0.5) is 0 Å². The highest BCUT2D eigenvalue weighted by molar-refractivity contribution is 5.70. The van der Waals surface area contributed by atoms with Crippen molar-refractivity contribution in [3.8, 4) is 0 Å². The van der Waals surface area contributed by atoms with Gasteiger partial charge in [0.1, 0.15) is 0 Å². The number of allylic oxidation sites excluding steroid dienone is 4. The van der Waals surface area contributed by atoms with Gasteiger partial charge in [-0.2, -0.15) is 0 Å². The number of hydrogen-bond donors (Lipinski definition) is 0. The highest BCUT2D eigenvalue weighted by atomic mass is 14.2. The lowest BCUT2D eigenvalue weighted by atomic mass is 9.87. The third-order valence-corrected chi connectivity index (χ3v) is 3.75. The van der Waals surface area contributed by atoms with Gasteiger partial charge in [0.15, 0.2) is 0 Å². The summed E-state index contributed by atoms with van der Waals surface area (Å²) in [7, 11) is 0. The van der Waals surface area contributed by atoms with Crippen molar-refractivity contribution >= 4 is 12.2 Å². The summed E-state index contributed by atoms with van der Waals surface area (Å²) in [4.78, 5) is 0. The fourth-order valence-corrected chi connectivity index (χ4v) is 2.79. The molecule has 0 fully saturated rings. The summed E-state index contributed by atoms with van der Waals surface area (Å²) in [5.74, 6) is 0.671. The van der Waals surface area contributed by atoms with Crippen LogP contribution in [0.25, 0.3) is 12.2 Å². The second-order valence-electron chi connectivity index (χ2n) is 5.45. The number of rotatable bonds is 1. The maximum atomic E-state index is 3.98. The molecule has 0 spiro atoms. The molecule has 18 heavy (non-hydrogen) atoms. The lowest BCUT2D eigenvalue weighted by Crippen LogP contribution is -2.15. The molecule has 0 heteroatoms. The third kappa shape index (κ3) is 2.48. The SMILES string of the molecule is C=c1cc/c(=C(\C)C2=CCC(C)C=C2C)c(C)c1. The van der Waals surface area contributed by atoms with Crippen LogP contribution in [-0.4, -0.2) is 0 Å². The van der Waals surface area contributed by atoms with Crippen LogP contribution < -0.4 is 10.4 Å². The van der Waals surface area contributed by atoms with Crippen LogP contribution in [-0.2, 0) is 0 Å². The maximum Gasteiger partial charge on any atom is -0.0192 e. The molecule has 1 atom stereocenters. The normalized spacial score (nSPS) is 21.2. The molecule has 0 heterocycles. The lowest BCUT2D eigenvalue weighted by molar-refractivity contribution is 0.725. The topological polar surface area (TPSA) is 0 Å². The fraction of sp³-hybridized carbons (Fsp3) is 0.333. The van der Waals surface area contributed by atoms with Gasteiger partial charge in [-0.25, -0.2) is 0 Å². The number of aryl methyl sites for hydroxylation is 1. The summed E-state index contributed by atoms with van der Waals surface area (Å²) in [6.07, 6.45) is 5.91. The molecule has 1 unspecified atom stereocenters. The molecule has 0 aliphatic heterocycles. The van der Waals surface area contributed by atoms with E-state index in [-0.39, 0.29) is 0 Å². The molecule has 0 radical (unpaired) electrons. The molecule has 0 amide bonds. The quantitative estimate of drug-likeness (QED) is 0.702. The zero-order valence-corrected chi connectivity index (χ0v) is 11.9. The lowest BCUT2D eigenvalue weighted by Gasteiger charge is -2.18. The smallest absolute Gasteiger partial charge is 0.0192 e. The fourth-order valence-electron chi connectivity index (χ4n) is 2.79. The first-order valence-corrected chi connectivity index (χ1v) is 6.65. The van der Waals surface area contributed by atoms with Crippen LogP contribution in [0.2, 0.25) is 0 Å². The predicted molar refractivity (Wildman–Crippen MR) is 80.7 cm³/mol. The van der Waals surface area contributed by atoms with E-state index < -0.39 is 0 Å². The first kappa shape index (κ1) is 12.9. The van der Waals surface area contributed by atoms with E-state index in [0.29, 0.717) is 5.92 Å². The molecule has 1 aliphatic rings. The Balaban J connectivity index is 2.58. The van der Waals surface area contributed by atoms with Gasteiger partial charge in [0.05, 0.1) is 0 Å². The highest BCUT2D eigenvalue weighted by Crippen LogP contribution is 2.27. The average Bonchev–Trinajstić information content (AvgIpc) is 2.28. The second kappa shape index (κ2) is 4.97. The Morgan fingerprint density at radius 3 is 2.61 bits per heavy atom. The van der Waals surface area contributed by atoms with Gasteiger partial charge in [-0.05, 0) is 65.8 Å². The maximum absolute atomic E-state index is 3.98. The van der Waals surface area contributed by atoms with Gasteiger partial charge in [0.25, 0.3) is 0 Å². The van der Waals surface area contributed by atoms with E-state index in [9.17, 15) is 0 Å². The van der Waals surface area contributed by atoms with Crippen LogP contribution >= 0.6 is 0 Å². The van der Waals surface area contributed by atoms with Gasteiger partial charge < -0.3 is 0 Å². The highest BCUT2D eigenvalue weighted by Gasteiger charge is 2.11. The van der Waals surface area contributed by atoms with Crippen LogP contribution in [0.3, 0.4) is 0 Å². The Hall–Kier alpha value is -1.56.